The number of hydrogen-bond donors (Lipinski definition) is 0. The van der Waals surface area contributed by atoms with E-state index in [2.05, 4.69) is 22.9 Å². The Morgan fingerprint density at radius 1 is 1.59 bits per heavy atom. The van der Waals surface area contributed by atoms with Gasteiger partial charge in [0.15, 0.2) is 0 Å². The van der Waals surface area contributed by atoms with Gasteiger partial charge in [-0.25, -0.2) is 4.98 Å². The lowest BCUT2D eigenvalue weighted by Crippen LogP contribution is -2.22. The lowest BCUT2D eigenvalue weighted by Gasteiger charge is -2.21. The highest BCUT2D eigenvalue weighted by Crippen LogP contribution is 2.30. The lowest BCUT2D eigenvalue weighted by molar-refractivity contribution is -0.118. The molecule has 2 rings (SSSR count). The molecule has 1 aliphatic rings. The largest absolute Gasteiger partial charge is 0.360 e. The number of carbonyl (C=O) groups excluding carboxylic acids is 1. The number of amides is 1. The van der Waals surface area contributed by atoms with Crippen molar-refractivity contribution in [3.63, 3.8) is 0 Å². The average molecular weight is 233 g/mol. The molecule has 4 heteroatoms. The molecule has 92 valence electrons. The Morgan fingerprint density at radius 3 is 3.00 bits per heavy atom. The maximum atomic E-state index is 10.9. The third-order valence-corrected chi connectivity index (χ3v) is 3.45. The van der Waals surface area contributed by atoms with Crippen molar-refractivity contribution in [2.24, 2.45) is 0 Å². The second-order valence-electron chi connectivity index (χ2n) is 4.47. The maximum absolute atomic E-state index is 10.9. The third-order valence-electron chi connectivity index (χ3n) is 3.45. The predicted octanol–water partition coefficient (Wildman–Crippen LogP) is 1.83. The highest BCUT2D eigenvalue weighted by Gasteiger charge is 2.24. The summed E-state index contributed by atoms with van der Waals surface area (Å²) in [6.45, 7) is 3.90. The normalized spacial score (nSPS) is 19.4. The fraction of sp³-hybridized carbons (Fsp3) is 0.538. The predicted molar refractivity (Wildman–Crippen MR) is 67.9 cm³/mol. The minimum absolute atomic E-state index is 0.223. The Balaban J connectivity index is 2.14. The van der Waals surface area contributed by atoms with E-state index in [0.717, 1.165) is 43.7 Å². The topological polar surface area (TPSA) is 36.4 Å². The fourth-order valence-electron chi connectivity index (χ4n) is 2.26. The van der Waals surface area contributed by atoms with Crippen LogP contribution in [0.15, 0.2) is 18.3 Å². The molecule has 1 amide bonds. The van der Waals surface area contributed by atoms with Crippen molar-refractivity contribution in [1.29, 1.82) is 0 Å². The molecule has 1 aromatic heterocycles. The summed E-state index contributed by atoms with van der Waals surface area (Å²) in [4.78, 5) is 19.3. The number of rotatable bonds is 4. The molecule has 0 spiro atoms. The Kier molecular flexibility index (Phi) is 3.61. The van der Waals surface area contributed by atoms with Gasteiger partial charge in [-0.2, -0.15) is 0 Å². The minimum Gasteiger partial charge on any atom is -0.360 e. The third kappa shape index (κ3) is 2.40. The van der Waals surface area contributed by atoms with Gasteiger partial charge in [-0.3, -0.25) is 4.79 Å². The molecule has 1 atom stereocenters. The van der Waals surface area contributed by atoms with Crippen molar-refractivity contribution in [2.45, 2.75) is 25.8 Å². The number of hydrogen-bond acceptors (Lipinski definition) is 3. The first-order chi connectivity index (χ1) is 8.26. The second kappa shape index (κ2) is 5.17. The van der Waals surface area contributed by atoms with Crippen molar-refractivity contribution in [3.8, 4) is 0 Å². The molecule has 2 heterocycles. The zero-order valence-corrected chi connectivity index (χ0v) is 10.5. The van der Waals surface area contributed by atoms with Gasteiger partial charge in [-0.1, -0.05) is 6.07 Å². The molecule has 17 heavy (non-hydrogen) atoms. The first-order valence-corrected chi connectivity index (χ1v) is 6.14. The summed E-state index contributed by atoms with van der Waals surface area (Å²) in [6.07, 6.45) is 4.97. The summed E-state index contributed by atoms with van der Waals surface area (Å²) < 4.78 is 0. The van der Waals surface area contributed by atoms with Crippen LogP contribution in [0.4, 0.5) is 5.82 Å². The molecule has 1 aliphatic heterocycles. The quantitative estimate of drug-likeness (QED) is 0.744. The summed E-state index contributed by atoms with van der Waals surface area (Å²) in [5.74, 6) is 0.979. The molecule has 1 saturated heterocycles. The number of nitrogens with zero attached hydrogens (tertiary/aromatic N) is 3. The Hall–Kier alpha value is -1.58. The molecule has 1 aromatic rings. The van der Waals surface area contributed by atoms with Gasteiger partial charge in [0.1, 0.15) is 5.82 Å². The van der Waals surface area contributed by atoms with Crippen LogP contribution in [-0.2, 0) is 4.79 Å². The number of likely N-dealkylation sites (tertiary alicyclic amines) is 1. The van der Waals surface area contributed by atoms with Crippen LogP contribution in [0.25, 0.3) is 0 Å². The first kappa shape index (κ1) is 11.9. The van der Waals surface area contributed by atoms with E-state index in [1.807, 2.05) is 24.2 Å². The lowest BCUT2D eigenvalue weighted by atomic mass is 10.1. The molecule has 0 bridgehead atoms. The van der Waals surface area contributed by atoms with Gasteiger partial charge < -0.3 is 9.80 Å². The van der Waals surface area contributed by atoms with Crippen molar-refractivity contribution in [3.05, 3.63) is 23.9 Å². The SMILES string of the molecule is CCN(C)c1ccc([C@@H]2CCCN2C=O)cn1. The van der Waals surface area contributed by atoms with Gasteiger partial charge >= 0.3 is 0 Å². The van der Waals surface area contributed by atoms with Crippen molar-refractivity contribution in [2.75, 3.05) is 25.0 Å². The van der Waals surface area contributed by atoms with E-state index in [0.29, 0.717) is 0 Å². The number of aromatic nitrogens is 1. The number of carbonyl (C=O) groups is 1. The van der Waals surface area contributed by atoms with E-state index in [1.165, 1.54) is 0 Å². The van der Waals surface area contributed by atoms with Gasteiger partial charge in [-0.05, 0) is 31.4 Å². The van der Waals surface area contributed by atoms with Crippen LogP contribution < -0.4 is 4.90 Å². The second-order valence-corrected chi connectivity index (χ2v) is 4.47. The molecule has 4 nitrogen and oxygen atoms in total. The van der Waals surface area contributed by atoms with Crippen LogP contribution >= 0.6 is 0 Å². The number of anilines is 1. The molecule has 0 aliphatic carbocycles. The summed E-state index contributed by atoms with van der Waals surface area (Å²) in [5.41, 5.74) is 1.14. The maximum Gasteiger partial charge on any atom is 0.210 e. The fourth-order valence-corrected chi connectivity index (χ4v) is 2.26. The molecule has 0 unspecified atom stereocenters. The molecule has 0 aromatic carbocycles. The van der Waals surface area contributed by atoms with Gasteiger partial charge in [-0.15, -0.1) is 0 Å². The molecule has 0 N–H and O–H groups in total. The average Bonchev–Trinajstić information content (AvgIpc) is 2.86. The Labute approximate surface area is 102 Å². The Morgan fingerprint density at radius 2 is 2.41 bits per heavy atom. The summed E-state index contributed by atoms with van der Waals surface area (Å²) in [6, 6.07) is 4.34. The highest BCUT2D eigenvalue weighted by atomic mass is 16.1. The van der Waals surface area contributed by atoms with Gasteiger partial charge in [0, 0.05) is 26.3 Å². The van der Waals surface area contributed by atoms with Crippen LogP contribution in [0.5, 0.6) is 0 Å². The van der Waals surface area contributed by atoms with E-state index < -0.39 is 0 Å². The van der Waals surface area contributed by atoms with E-state index >= 15 is 0 Å². The minimum atomic E-state index is 0.223. The van der Waals surface area contributed by atoms with E-state index in [-0.39, 0.29) is 6.04 Å². The Bertz CT molecular complexity index is 377. The monoisotopic (exact) mass is 233 g/mol. The van der Waals surface area contributed by atoms with Crippen LogP contribution in [0, 0.1) is 0 Å². The van der Waals surface area contributed by atoms with Crippen LogP contribution in [0.1, 0.15) is 31.4 Å². The van der Waals surface area contributed by atoms with Gasteiger partial charge in [0.25, 0.3) is 0 Å². The molecular weight excluding hydrogens is 214 g/mol. The first-order valence-electron chi connectivity index (χ1n) is 6.14. The van der Waals surface area contributed by atoms with Gasteiger partial charge in [0.05, 0.1) is 6.04 Å². The summed E-state index contributed by atoms with van der Waals surface area (Å²) >= 11 is 0. The zero-order valence-electron chi connectivity index (χ0n) is 10.5. The summed E-state index contributed by atoms with van der Waals surface area (Å²) in [7, 11) is 2.02. The van der Waals surface area contributed by atoms with Crippen molar-refractivity contribution < 1.29 is 4.79 Å². The zero-order chi connectivity index (χ0) is 12.3. The molecule has 0 radical (unpaired) electrons. The van der Waals surface area contributed by atoms with Crippen LogP contribution in [0.3, 0.4) is 0 Å². The van der Waals surface area contributed by atoms with Gasteiger partial charge in [0.2, 0.25) is 6.41 Å². The summed E-state index contributed by atoms with van der Waals surface area (Å²) in [5, 5.41) is 0. The van der Waals surface area contributed by atoms with Crippen LogP contribution in [-0.4, -0.2) is 36.4 Å². The molecule has 0 saturated carbocycles. The van der Waals surface area contributed by atoms with E-state index in [9.17, 15) is 4.79 Å². The highest BCUT2D eigenvalue weighted by molar-refractivity contribution is 5.50. The standard InChI is InChI=1S/C13H19N3O/c1-3-15(2)13-7-6-11(9-14-13)12-5-4-8-16(12)10-17/h6-7,9-10,12H,3-5,8H2,1-2H3/t12-/m0/s1. The van der Waals surface area contributed by atoms with Crippen molar-refractivity contribution in [1.82, 2.24) is 9.88 Å². The van der Waals surface area contributed by atoms with Crippen LogP contribution in [0.2, 0.25) is 0 Å². The molecular formula is C13H19N3O. The van der Waals surface area contributed by atoms with Crippen molar-refractivity contribution >= 4 is 12.2 Å². The smallest absolute Gasteiger partial charge is 0.210 e. The van der Waals surface area contributed by atoms with E-state index in [4.69, 9.17) is 0 Å². The molecule has 1 fully saturated rings. The number of pyridine rings is 1. The van der Waals surface area contributed by atoms with E-state index in [1.54, 1.807) is 0 Å².